The minimum Gasteiger partial charge on any atom is -0.493 e. The van der Waals surface area contributed by atoms with Gasteiger partial charge in [-0.25, -0.2) is 8.42 Å². The predicted octanol–water partition coefficient (Wildman–Crippen LogP) is 6.46. The summed E-state index contributed by atoms with van der Waals surface area (Å²) in [6.45, 7) is 3.84. The fourth-order valence-corrected chi connectivity index (χ4v) is 8.41. The van der Waals surface area contributed by atoms with E-state index in [1.165, 1.54) is 36.4 Å². The number of sulfonamides is 1. The average Bonchev–Trinajstić information content (AvgIpc) is 3.60. The van der Waals surface area contributed by atoms with E-state index in [0.717, 1.165) is 29.5 Å². The number of rotatable bonds is 9. The first-order valence-corrected chi connectivity index (χ1v) is 17.8. The van der Waals surface area contributed by atoms with Gasteiger partial charge in [0.1, 0.15) is 11.8 Å². The Labute approximate surface area is 266 Å². The van der Waals surface area contributed by atoms with E-state index in [0.29, 0.717) is 56.0 Å². The minimum absolute atomic E-state index is 0.0960. The number of carbonyl (C=O) groups is 1. The second-order valence-corrected chi connectivity index (χ2v) is 14.7. The molecule has 7 nitrogen and oxygen atoms in total. The van der Waals surface area contributed by atoms with Crippen LogP contribution in [0.1, 0.15) is 50.5 Å². The topological polar surface area (TPSA) is 70.2 Å². The molecule has 9 heteroatoms. The van der Waals surface area contributed by atoms with Gasteiger partial charge >= 0.3 is 0 Å². The molecule has 1 amide bonds. The smallest absolute Gasteiger partial charge is 0.243 e. The Morgan fingerprint density at radius 1 is 0.773 bits per heavy atom. The SMILES string of the molecule is O=C([C@@H]1CN(Cc2ccc(-c3ccc(Cl)cc3)cc2)CCN1S(=O)(=O)c1ccc(OCC2CCCCC2)cc1)N1CCCC1. The maximum atomic E-state index is 14.0. The molecule has 3 aromatic carbocycles. The summed E-state index contributed by atoms with van der Waals surface area (Å²) >= 11 is 6.05. The molecule has 3 aromatic rings. The molecule has 0 radical (unpaired) electrons. The van der Waals surface area contributed by atoms with Crippen molar-refractivity contribution in [2.24, 2.45) is 5.92 Å². The van der Waals surface area contributed by atoms with E-state index in [4.69, 9.17) is 16.3 Å². The van der Waals surface area contributed by atoms with Crippen LogP contribution in [-0.4, -0.2) is 73.8 Å². The number of piperazine rings is 1. The van der Waals surface area contributed by atoms with Crippen molar-refractivity contribution in [1.29, 1.82) is 0 Å². The molecule has 2 saturated heterocycles. The lowest BCUT2D eigenvalue weighted by atomic mass is 9.90. The van der Waals surface area contributed by atoms with Gasteiger partial charge in [-0.3, -0.25) is 9.69 Å². The van der Waals surface area contributed by atoms with E-state index in [-0.39, 0.29) is 17.3 Å². The molecule has 1 atom stereocenters. The monoisotopic (exact) mass is 635 g/mol. The Morgan fingerprint density at radius 3 is 2.07 bits per heavy atom. The number of ether oxygens (including phenoxy) is 1. The molecule has 0 aromatic heterocycles. The van der Waals surface area contributed by atoms with Gasteiger partial charge < -0.3 is 9.64 Å². The van der Waals surface area contributed by atoms with Crippen LogP contribution in [0.4, 0.5) is 0 Å². The van der Waals surface area contributed by atoms with E-state index in [2.05, 4.69) is 29.2 Å². The van der Waals surface area contributed by atoms with Gasteiger partial charge in [0.25, 0.3) is 0 Å². The van der Waals surface area contributed by atoms with Crippen molar-refractivity contribution in [2.45, 2.75) is 62.4 Å². The Kier molecular flexibility index (Phi) is 9.91. The van der Waals surface area contributed by atoms with Crippen molar-refractivity contribution < 1.29 is 17.9 Å². The lowest BCUT2D eigenvalue weighted by Gasteiger charge is -2.41. The first kappa shape index (κ1) is 31.1. The molecule has 2 heterocycles. The third kappa shape index (κ3) is 7.31. The highest BCUT2D eigenvalue weighted by molar-refractivity contribution is 7.89. The summed E-state index contributed by atoms with van der Waals surface area (Å²) < 4.78 is 35.4. The van der Waals surface area contributed by atoms with E-state index in [1.54, 1.807) is 24.3 Å². The molecule has 234 valence electrons. The molecule has 0 N–H and O–H groups in total. The minimum atomic E-state index is -3.88. The summed E-state index contributed by atoms with van der Waals surface area (Å²) in [5, 5.41) is 0.709. The number of hydrogen-bond donors (Lipinski definition) is 0. The first-order valence-electron chi connectivity index (χ1n) is 16.0. The van der Waals surface area contributed by atoms with Crippen molar-refractivity contribution in [3.05, 3.63) is 83.4 Å². The first-order chi connectivity index (χ1) is 21.4. The largest absolute Gasteiger partial charge is 0.493 e. The number of likely N-dealkylation sites (tertiary alicyclic amines) is 1. The zero-order valence-electron chi connectivity index (χ0n) is 25.2. The fraction of sp³-hybridized carbons (Fsp3) is 0.457. The molecule has 1 saturated carbocycles. The molecule has 2 aliphatic heterocycles. The van der Waals surface area contributed by atoms with E-state index in [1.807, 2.05) is 29.2 Å². The van der Waals surface area contributed by atoms with E-state index < -0.39 is 16.1 Å². The van der Waals surface area contributed by atoms with Crippen LogP contribution in [0.15, 0.2) is 77.7 Å². The van der Waals surface area contributed by atoms with Crippen LogP contribution in [-0.2, 0) is 21.4 Å². The Morgan fingerprint density at radius 2 is 1.41 bits per heavy atom. The highest BCUT2D eigenvalue weighted by atomic mass is 35.5. The number of halogens is 1. The quantitative estimate of drug-likeness (QED) is 0.270. The maximum absolute atomic E-state index is 14.0. The molecule has 3 aliphatic rings. The van der Waals surface area contributed by atoms with Gasteiger partial charge in [-0.1, -0.05) is 67.3 Å². The molecule has 1 aliphatic carbocycles. The summed E-state index contributed by atoms with van der Waals surface area (Å²) in [5.74, 6) is 1.16. The van der Waals surface area contributed by atoms with E-state index in [9.17, 15) is 13.2 Å². The van der Waals surface area contributed by atoms with Gasteiger partial charge in [-0.15, -0.1) is 0 Å². The van der Waals surface area contributed by atoms with Crippen molar-refractivity contribution in [3.63, 3.8) is 0 Å². The number of carbonyl (C=O) groups excluding carboxylic acids is 1. The summed E-state index contributed by atoms with van der Waals surface area (Å²) in [4.78, 5) is 18.0. The van der Waals surface area contributed by atoms with E-state index >= 15 is 0 Å². The fourth-order valence-electron chi connectivity index (χ4n) is 6.72. The van der Waals surface area contributed by atoms with Crippen molar-refractivity contribution >= 4 is 27.5 Å². The number of nitrogens with zero attached hydrogens (tertiary/aromatic N) is 3. The number of hydrogen-bond acceptors (Lipinski definition) is 5. The normalized spacial score (nSPS) is 20.6. The molecule has 0 unspecified atom stereocenters. The lowest BCUT2D eigenvalue weighted by molar-refractivity contribution is -0.136. The summed E-state index contributed by atoms with van der Waals surface area (Å²) in [7, 11) is -3.88. The van der Waals surface area contributed by atoms with Crippen molar-refractivity contribution in [1.82, 2.24) is 14.1 Å². The zero-order valence-corrected chi connectivity index (χ0v) is 26.8. The highest BCUT2D eigenvalue weighted by Crippen LogP contribution is 2.29. The molecule has 3 fully saturated rings. The van der Waals surface area contributed by atoms with Gasteiger partial charge in [0, 0.05) is 44.3 Å². The summed E-state index contributed by atoms with van der Waals surface area (Å²) in [6.07, 6.45) is 8.11. The molecular weight excluding hydrogens is 594 g/mol. The van der Waals surface area contributed by atoms with Gasteiger partial charge in [0.2, 0.25) is 15.9 Å². The van der Waals surface area contributed by atoms with Crippen LogP contribution in [0.3, 0.4) is 0 Å². The molecular formula is C35H42ClN3O4S. The lowest BCUT2D eigenvalue weighted by Crippen LogP contribution is -2.60. The Bertz CT molecular complexity index is 1500. The number of benzene rings is 3. The standard InChI is InChI=1S/C35H42ClN3O4S/c36-31-14-12-30(13-15-31)29-10-8-27(9-11-29)24-37-22-23-39(34(25-37)35(40)38-20-4-5-21-38)44(41,42)33-18-16-32(17-19-33)43-26-28-6-2-1-3-7-28/h8-19,28,34H,1-7,20-26H2/t34-/m0/s1. The zero-order chi connectivity index (χ0) is 30.5. The molecule has 44 heavy (non-hydrogen) atoms. The summed E-state index contributed by atoms with van der Waals surface area (Å²) in [5.41, 5.74) is 3.32. The maximum Gasteiger partial charge on any atom is 0.243 e. The van der Waals surface area contributed by atoms with Crippen LogP contribution in [0.2, 0.25) is 5.02 Å². The van der Waals surface area contributed by atoms with Crippen molar-refractivity contribution in [3.8, 4) is 16.9 Å². The molecule has 0 bridgehead atoms. The highest BCUT2D eigenvalue weighted by Gasteiger charge is 2.42. The Balaban J connectivity index is 1.14. The van der Waals surface area contributed by atoms with Crippen LogP contribution in [0.5, 0.6) is 5.75 Å². The predicted molar refractivity (Wildman–Crippen MR) is 174 cm³/mol. The van der Waals surface area contributed by atoms with Crippen LogP contribution in [0, 0.1) is 5.92 Å². The van der Waals surface area contributed by atoms with Gasteiger partial charge in [0.05, 0.1) is 11.5 Å². The Hall–Kier alpha value is -2.91. The van der Waals surface area contributed by atoms with Crippen LogP contribution < -0.4 is 4.74 Å². The average molecular weight is 636 g/mol. The van der Waals surface area contributed by atoms with Gasteiger partial charge in [-0.05, 0) is 84.7 Å². The number of amides is 1. The summed E-state index contributed by atoms with van der Waals surface area (Å²) in [6, 6.07) is 22.1. The van der Waals surface area contributed by atoms with Gasteiger partial charge in [0.15, 0.2) is 0 Å². The van der Waals surface area contributed by atoms with Crippen LogP contribution in [0.25, 0.3) is 11.1 Å². The molecule has 6 rings (SSSR count). The van der Waals surface area contributed by atoms with Crippen molar-refractivity contribution in [2.75, 3.05) is 39.3 Å². The third-order valence-corrected chi connectivity index (χ3v) is 11.5. The third-order valence-electron chi connectivity index (χ3n) is 9.30. The van der Waals surface area contributed by atoms with Crippen LogP contribution >= 0.6 is 11.6 Å². The second kappa shape index (κ2) is 14.0. The van der Waals surface area contributed by atoms with Gasteiger partial charge in [-0.2, -0.15) is 4.31 Å². The second-order valence-electron chi connectivity index (χ2n) is 12.4. The molecule has 0 spiro atoms.